The summed E-state index contributed by atoms with van der Waals surface area (Å²) in [5.74, 6) is 0.781. The van der Waals surface area contributed by atoms with E-state index in [0.29, 0.717) is 0 Å². The molecule has 0 amide bonds. The van der Waals surface area contributed by atoms with Crippen molar-refractivity contribution in [2.75, 3.05) is 6.54 Å². The molecule has 2 aliphatic rings. The minimum absolute atomic E-state index is 0.781. The smallest absolute Gasteiger partial charge is 0.0691 e. The van der Waals surface area contributed by atoms with Crippen molar-refractivity contribution in [3.05, 3.63) is 17.0 Å². The van der Waals surface area contributed by atoms with Crippen molar-refractivity contribution in [3.8, 4) is 0 Å². The number of aromatic nitrogens is 2. The largest absolute Gasteiger partial charge is 0.311 e. The van der Waals surface area contributed by atoms with Crippen LogP contribution in [0, 0.1) is 0 Å². The number of aryl methyl sites for hydroxylation is 1. The maximum atomic E-state index is 4.69. The SMILES string of the molecule is Cn1nc(C2CCC2)c2c1CNCC2. The molecule has 1 fully saturated rings. The topological polar surface area (TPSA) is 29.9 Å². The molecule has 3 rings (SSSR count). The van der Waals surface area contributed by atoms with E-state index in [1.54, 1.807) is 5.56 Å². The molecule has 0 radical (unpaired) electrons. The molecule has 1 N–H and O–H groups in total. The molecule has 0 bridgehead atoms. The quantitative estimate of drug-likeness (QED) is 0.726. The first kappa shape index (κ1) is 8.48. The molecule has 0 unspecified atom stereocenters. The van der Waals surface area contributed by atoms with E-state index >= 15 is 0 Å². The summed E-state index contributed by atoms with van der Waals surface area (Å²) >= 11 is 0. The van der Waals surface area contributed by atoms with Gasteiger partial charge in [0.25, 0.3) is 0 Å². The predicted molar refractivity (Wildman–Crippen MR) is 55.2 cm³/mol. The fourth-order valence-corrected chi connectivity index (χ4v) is 2.55. The minimum Gasteiger partial charge on any atom is -0.311 e. The molecule has 3 heteroatoms. The van der Waals surface area contributed by atoms with Gasteiger partial charge in [0.2, 0.25) is 0 Å². The van der Waals surface area contributed by atoms with Crippen molar-refractivity contribution in [1.29, 1.82) is 0 Å². The highest BCUT2D eigenvalue weighted by atomic mass is 15.3. The zero-order valence-corrected chi connectivity index (χ0v) is 8.71. The van der Waals surface area contributed by atoms with Crippen LogP contribution in [0.2, 0.25) is 0 Å². The van der Waals surface area contributed by atoms with Gasteiger partial charge in [-0.2, -0.15) is 5.10 Å². The summed E-state index contributed by atoms with van der Waals surface area (Å²) in [6.07, 6.45) is 5.29. The van der Waals surface area contributed by atoms with Crippen LogP contribution >= 0.6 is 0 Å². The van der Waals surface area contributed by atoms with E-state index in [9.17, 15) is 0 Å². The highest BCUT2D eigenvalue weighted by molar-refractivity contribution is 5.32. The van der Waals surface area contributed by atoms with Gasteiger partial charge in [-0.25, -0.2) is 0 Å². The van der Waals surface area contributed by atoms with E-state index in [0.717, 1.165) is 19.0 Å². The molecule has 1 aliphatic carbocycles. The third-order valence-electron chi connectivity index (χ3n) is 3.64. The van der Waals surface area contributed by atoms with Gasteiger partial charge in [0.15, 0.2) is 0 Å². The molecule has 3 nitrogen and oxygen atoms in total. The van der Waals surface area contributed by atoms with Crippen LogP contribution in [-0.2, 0) is 20.0 Å². The van der Waals surface area contributed by atoms with Crippen LogP contribution < -0.4 is 5.32 Å². The van der Waals surface area contributed by atoms with Gasteiger partial charge in [-0.15, -0.1) is 0 Å². The van der Waals surface area contributed by atoms with Crippen molar-refractivity contribution in [2.24, 2.45) is 7.05 Å². The number of fused-ring (bicyclic) bond motifs is 1. The predicted octanol–water partition coefficient (Wildman–Crippen LogP) is 1.33. The van der Waals surface area contributed by atoms with Crippen molar-refractivity contribution < 1.29 is 0 Å². The Hall–Kier alpha value is -0.830. The number of rotatable bonds is 1. The zero-order chi connectivity index (χ0) is 9.54. The second-order valence-electron chi connectivity index (χ2n) is 4.49. The summed E-state index contributed by atoms with van der Waals surface area (Å²) in [5.41, 5.74) is 4.38. The van der Waals surface area contributed by atoms with Gasteiger partial charge in [-0.1, -0.05) is 6.42 Å². The summed E-state index contributed by atoms with van der Waals surface area (Å²) in [5, 5.41) is 8.10. The van der Waals surface area contributed by atoms with Gasteiger partial charge in [0.1, 0.15) is 0 Å². The van der Waals surface area contributed by atoms with E-state index in [1.807, 2.05) is 0 Å². The third kappa shape index (κ3) is 1.12. The van der Waals surface area contributed by atoms with Crippen LogP contribution in [0.4, 0.5) is 0 Å². The molecule has 0 spiro atoms. The number of nitrogens with zero attached hydrogens (tertiary/aromatic N) is 2. The molecular weight excluding hydrogens is 174 g/mol. The molecule has 1 aliphatic heterocycles. The van der Waals surface area contributed by atoms with Crippen LogP contribution in [0.3, 0.4) is 0 Å². The number of nitrogens with one attached hydrogen (secondary N) is 1. The van der Waals surface area contributed by atoms with Crippen LogP contribution in [0.15, 0.2) is 0 Å². The van der Waals surface area contributed by atoms with E-state index in [1.165, 1.54) is 37.1 Å². The fraction of sp³-hybridized carbons (Fsp3) is 0.727. The van der Waals surface area contributed by atoms with Crippen LogP contribution in [0.25, 0.3) is 0 Å². The average molecular weight is 191 g/mol. The highest BCUT2D eigenvalue weighted by Gasteiger charge is 2.28. The number of hydrogen-bond donors (Lipinski definition) is 1. The van der Waals surface area contributed by atoms with E-state index in [4.69, 9.17) is 5.10 Å². The summed E-state index contributed by atoms with van der Waals surface area (Å²) in [6.45, 7) is 2.13. The monoisotopic (exact) mass is 191 g/mol. The molecule has 0 saturated heterocycles. The second kappa shape index (κ2) is 3.09. The van der Waals surface area contributed by atoms with Crippen molar-refractivity contribution >= 4 is 0 Å². The lowest BCUT2D eigenvalue weighted by Crippen LogP contribution is -2.25. The van der Waals surface area contributed by atoms with Crippen LogP contribution in [0.5, 0.6) is 0 Å². The van der Waals surface area contributed by atoms with Gasteiger partial charge < -0.3 is 5.32 Å². The Balaban J connectivity index is 2.02. The first-order chi connectivity index (χ1) is 6.86. The van der Waals surface area contributed by atoms with Crippen molar-refractivity contribution in [1.82, 2.24) is 15.1 Å². The lowest BCUT2D eigenvalue weighted by molar-refractivity contribution is 0.405. The maximum absolute atomic E-state index is 4.69. The Morgan fingerprint density at radius 3 is 3.00 bits per heavy atom. The molecule has 14 heavy (non-hydrogen) atoms. The lowest BCUT2D eigenvalue weighted by Gasteiger charge is -2.25. The van der Waals surface area contributed by atoms with Gasteiger partial charge in [-0.3, -0.25) is 4.68 Å². The van der Waals surface area contributed by atoms with Gasteiger partial charge in [0, 0.05) is 19.5 Å². The molecule has 2 heterocycles. The van der Waals surface area contributed by atoms with E-state index in [-0.39, 0.29) is 0 Å². The first-order valence-electron chi connectivity index (χ1n) is 5.61. The van der Waals surface area contributed by atoms with Crippen LogP contribution in [-0.4, -0.2) is 16.3 Å². The Bertz CT molecular complexity index is 350. The van der Waals surface area contributed by atoms with Gasteiger partial charge in [-0.05, 0) is 31.4 Å². The average Bonchev–Trinajstić information content (AvgIpc) is 2.43. The standard InChI is InChI=1S/C11H17N3/c1-14-10-7-12-6-5-9(10)11(13-14)8-3-2-4-8/h8,12H,2-7H2,1H3. The number of hydrogen-bond acceptors (Lipinski definition) is 2. The Kier molecular flexibility index (Phi) is 1.87. The Morgan fingerprint density at radius 2 is 2.29 bits per heavy atom. The first-order valence-corrected chi connectivity index (χ1v) is 5.61. The lowest BCUT2D eigenvalue weighted by atomic mass is 9.80. The maximum Gasteiger partial charge on any atom is 0.0691 e. The van der Waals surface area contributed by atoms with E-state index < -0.39 is 0 Å². The minimum atomic E-state index is 0.781. The molecule has 76 valence electrons. The normalized spacial score (nSPS) is 21.8. The summed E-state index contributed by atoms with van der Waals surface area (Å²) in [4.78, 5) is 0. The van der Waals surface area contributed by atoms with E-state index in [2.05, 4.69) is 17.0 Å². The van der Waals surface area contributed by atoms with Crippen molar-refractivity contribution in [3.63, 3.8) is 0 Å². The molecule has 1 saturated carbocycles. The Labute approximate surface area is 84.5 Å². The van der Waals surface area contributed by atoms with Crippen LogP contribution in [0.1, 0.15) is 42.1 Å². The Morgan fingerprint density at radius 1 is 1.43 bits per heavy atom. The van der Waals surface area contributed by atoms with Crippen molar-refractivity contribution in [2.45, 2.75) is 38.1 Å². The molecule has 0 aromatic carbocycles. The van der Waals surface area contributed by atoms with Gasteiger partial charge in [0.05, 0.1) is 11.4 Å². The molecule has 1 aromatic rings. The summed E-state index contributed by atoms with van der Waals surface area (Å²) in [6, 6.07) is 0. The van der Waals surface area contributed by atoms with Gasteiger partial charge >= 0.3 is 0 Å². The third-order valence-corrected chi connectivity index (χ3v) is 3.64. The second-order valence-corrected chi connectivity index (χ2v) is 4.49. The summed E-state index contributed by atoms with van der Waals surface area (Å²) < 4.78 is 2.08. The summed E-state index contributed by atoms with van der Waals surface area (Å²) in [7, 11) is 2.08. The fourth-order valence-electron chi connectivity index (χ4n) is 2.55. The molecule has 0 atom stereocenters. The molecule has 1 aromatic heterocycles. The highest BCUT2D eigenvalue weighted by Crippen LogP contribution is 2.38. The zero-order valence-electron chi connectivity index (χ0n) is 8.71. The molecular formula is C11H17N3.